The number of aryl methyl sites for hydroxylation is 1. The van der Waals surface area contributed by atoms with Crippen LogP contribution in [-0.4, -0.2) is 27.8 Å². The molecule has 110 valence electrons. The van der Waals surface area contributed by atoms with Gasteiger partial charge >= 0.3 is 0 Å². The van der Waals surface area contributed by atoms with Gasteiger partial charge in [0, 0.05) is 17.0 Å². The fraction of sp³-hybridized carbons (Fsp3) is 0.643. The number of aromatic nitrogens is 2. The summed E-state index contributed by atoms with van der Waals surface area (Å²) in [4.78, 5) is 18.8. The third-order valence-corrected chi connectivity index (χ3v) is 4.07. The number of H-pyrrole nitrogens is 1. The summed E-state index contributed by atoms with van der Waals surface area (Å²) in [6, 6.07) is 3.82. The van der Waals surface area contributed by atoms with Crippen LogP contribution in [0.5, 0.6) is 0 Å². The van der Waals surface area contributed by atoms with E-state index in [2.05, 4.69) is 28.3 Å². The van der Waals surface area contributed by atoms with Gasteiger partial charge in [0.05, 0.1) is 6.07 Å². The van der Waals surface area contributed by atoms with Crippen molar-refractivity contribution in [2.75, 3.05) is 7.05 Å². The summed E-state index contributed by atoms with van der Waals surface area (Å²) in [6.07, 6.45) is 2.44. The summed E-state index contributed by atoms with van der Waals surface area (Å²) < 4.78 is 0. The van der Waals surface area contributed by atoms with Gasteiger partial charge in [-0.05, 0) is 26.8 Å². The van der Waals surface area contributed by atoms with Crippen molar-refractivity contribution >= 4 is 11.8 Å². The molecule has 5 nitrogen and oxygen atoms in total. The average molecular weight is 294 g/mol. The first-order valence-corrected chi connectivity index (χ1v) is 7.67. The molecule has 1 rings (SSSR count). The van der Waals surface area contributed by atoms with Gasteiger partial charge in [-0.3, -0.25) is 4.79 Å². The lowest BCUT2D eigenvalue weighted by molar-refractivity contribution is 0.455. The fourth-order valence-corrected chi connectivity index (χ4v) is 3.06. The van der Waals surface area contributed by atoms with Crippen molar-refractivity contribution in [3.05, 3.63) is 22.1 Å². The zero-order valence-electron chi connectivity index (χ0n) is 12.5. The van der Waals surface area contributed by atoms with Gasteiger partial charge in [-0.25, -0.2) is 4.98 Å². The first-order chi connectivity index (χ1) is 9.42. The molecule has 0 radical (unpaired) electrons. The van der Waals surface area contributed by atoms with Crippen LogP contribution < -0.4 is 10.9 Å². The maximum Gasteiger partial charge on any atom is 0.251 e. The molecular formula is C14H22N4OS. The van der Waals surface area contributed by atoms with E-state index in [9.17, 15) is 4.79 Å². The van der Waals surface area contributed by atoms with E-state index in [4.69, 9.17) is 5.26 Å². The molecule has 2 unspecified atom stereocenters. The fourth-order valence-electron chi connectivity index (χ4n) is 1.93. The molecule has 0 amide bonds. The van der Waals surface area contributed by atoms with Gasteiger partial charge in [0.15, 0.2) is 5.16 Å². The number of nitrogens with zero attached hydrogens (tertiary/aromatic N) is 2. The van der Waals surface area contributed by atoms with Gasteiger partial charge < -0.3 is 10.3 Å². The van der Waals surface area contributed by atoms with Crippen LogP contribution in [0.3, 0.4) is 0 Å². The van der Waals surface area contributed by atoms with Crippen molar-refractivity contribution < 1.29 is 0 Å². The lowest BCUT2D eigenvalue weighted by atomic mass is 9.98. The van der Waals surface area contributed by atoms with Gasteiger partial charge in [-0.2, -0.15) is 5.26 Å². The van der Waals surface area contributed by atoms with E-state index in [1.807, 2.05) is 13.8 Å². The van der Waals surface area contributed by atoms with Crippen LogP contribution >= 0.6 is 11.8 Å². The van der Waals surface area contributed by atoms with Crippen molar-refractivity contribution in [1.82, 2.24) is 15.3 Å². The second-order valence-corrected chi connectivity index (χ2v) is 6.55. The molecule has 1 aromatic rings. The predicted molar refractivity (Wildman–Crippen MR) is 81.9 cm³/mol. The number of rotatable bonds is 7. The van der Waals surface area contributed by atoms with Crippen molar-refractivity contribution in [3.63, 3.8) is 0 Å². The SMILES string of the molecule is CCCc1cc(=O)[nH]c(SC(C)CC(C)(C#N)NC)n1. The zero-order chi connectivity index (χ0) is 15.2. The second kappa shape index (κ2) is 7.46. The molecule has 1 heterocycles. The van der Waals surface area contributed by atoms with Crippen LogP contribution in [0.4, 0.5) is 0 Å². The third-order valence-electron chi connectivity index (χ3n) is 3.09. The highest BCUT2D eigenvalue weighted by Crippen LogP contribution is 2.25. The third kappa shape index (κ3) is 4.99. The summed E-state index contributed by atoms with van der Waals surface area (Å²) in [5.41, 5.74) is 0.144. The Kier molecular flexibility index (Phi) is 6.24. The van der Waals surface area contributed by atoms with Crippen molar-refractivity contribution in [2.24, 2.45) is 0 Å². The van der Waals surface area contributed by atoms with Crippen molar-refractivity contribution in [1.29, 1.82) is 5.26 Å². The molecule has 0 saturated carbocycles. The monoisotopic (exact) mass is 294 g/mol. The number of hydrogen-bond acceptors (Lipinski definition) is 5. The Bertz CT molecular complexity index is 537. The van der Waals surface area contributed by atoms with Gasteiger partial charge in [0.25, 0.3) is 5.56 Å². The summed E-state index contributed by atoms with van der Waals surface area (Å²) >= 11 is 1.50. The number of hydrogen-bond donors (Lipinski definition) is 2. The minimum atomic E-state index is -0.562. The Hall–Kier alpha value is -1.32. The van der Waals surface area contributed by atoms with E-state index in [-0.39, 0.29) is 10.8 Å². The molecule has 6 heteroatoms. The highest BCUT2D eigenvalue weighted by atomic mass is 32.2. The van der Waals surface area contributed by atoms with Crippen molar-refractivity contribution in [2.45, 2.75) is 56.0 Å². The van der Waals surface area contributed by atoms with E-state index < -0.39 is 5.54 Å². The number of thioether (sulfide) groups is 1. The lowest BCUT2D eigenvalue weighted by Gasteiger charge is -2.24. The van der Waals surface area contributed by atoms with Gasteiger partial charge in [-0.15, -0.1) is 0 Å². The Morgan fingerprint density at radius 3 is 2.90 bits per heavy atom. The molecule has 0 aromatic carbocycles. The van der Waals surface area contributed by atoms with Crippen LogP contribution in [0.2, 0.25) is 0 Å². The van der Waals surface area contributed by atoms with Gasteiger partial charge in [0.2, 0.25) is 0 Å². The first kappa shape index (κ1) is 16.7. The molecule has 0 aliphatic rings. The maximum atomic E-state index is 11.6. The molecule has 0 aliphatic heterocycles. The quantitative estimate of drug-likeness (QED) is 0.594. The van der Waals surface area contributed by atoms with Gasteiger partial charge in [-0.1, -0.05) is 32.0 Å². The lowest BCUT2D eigenvalue weighted by Crippen LogP contribution is -2.40. The van der Waals surface area contributed by atoms with Crippen LogP contribution in [0, 0.1) is 11.3 Å². The van der Waals surface area contributed by atoms with E-state index >= 15 is 0 Å². The summed E-state index contributed by atoms with van der Waals surface area (Å²) in [5, 5.41) is 13.0. The molecule has 0 fully saturated rings. The minimum absolute atomic E-state index is 0.116. The van der Waals surface area contributed by atoms with E-state index in [0.29, 0.717) is 11.6 Å². The molecule has 0 saturated heterocycles. The molecule has 0 spiro atoms. The number of aromatic amines is 1. The molecule has 2 N–H and O–H groups in total. The zero-order valence-corrected chi connectivity index (χ0v) is 13.3. The van der Waals surface area contributed by atoms with Crippen LogP contribution in [-0.2, 0) is 6.42 Å². The van der Waals surface area contributed by atoms with E-state index in [1.54, 1.807) is 13.1 Å². The normalized spacial score (nSPS) is 15.3. The smallest absolute Gasteiger partial charge is 0.251 e. The summed E-state index contributed by atoms with van der Waals surface area (Å²) in [5.74, 6) is 0. The Morgan fingerprint density at radius 2 is 2.35 bits per heavy atom. The topological polar surface area (TPSA) is 81.6 Å². The largest absolute Gasteiger partial charge is 0.303 e. The van der Waals surface area contributed by atoms with E-state index in [0.717, 1.165) is 18.5 Å². The molecule has 0 bridgehead atoms. The highest BCUT2D eigenvalue weighted by molar-refractivity contribution is 7.99. The number of nitriles is 1. The number of nitrogens with one attached hydrogen (secondary N) is 2. The second-order valence-electron chi connectivity index (χ2n) is 5.12. The average Bonchev–Trinajstić information content (AvgIpc) is 2.38. The molecule has 20 heavy (non-hydrogen) atoms. The Morgan fingerprint density at radius 1 is 1.65 bits per heavy atom. The molecular weight excluding hydrogens is 272 g/mol. The van der Waals surface area contributed by atoms with E-state index in [1.165, 1.54) is 11.8 Å². The summed E-state index contributed by atoms with van der Waals surface area (Å²) in [7, 11) is 1.78. The predicted octanol–water partition coefficient (Wildman–Crippen LogP) is 2.09. The summed E-state index contributed by atoms with van der Waals surface area (Å²) in [6.45, 7) is 5.96. The first-order valence-electron chi connectivity index (χ1n) is 6.79. The van der Waals surface area contributed by atoms with Crippen molar-refractivity contribution in [3.8, 4) is 6.07 Å². The molecule has 1 aromatic heterocycles. The standard InChI is InChI=1S/C14H22N4OS/c1-5-6-11-7-12(19)18-13(17-11)20-10(2)8-14(3,9-15)16-4/h7,10,16H,5-6,8H2,1-4H3,(H,17,18,19). The van der Waals surface area contributed by atoms with Crippen LogP contribution in [0.25, 0.3) is 0 Å². The Balaban J connectivity index is 2.78. The maximum absolute atomic E-state index is 11.6. The molecule has 2 atom stereocenters. The Labute approximate surface area is 124 Å². The van der Waals surface area contributed by atoms with Gasteiger partial charge in [0.1, 0.15) is 5.54 Å². The molecule has 0 aliphatic carbocycles. The highest BCUT2D eigenvalue weighted by Gasteiger charge is 2.25. The van der Waals surface area contributed by atoms with Crippen LogP contribution in [0.1, 0.15) is 39.3 Å². The van der Waals surface area contributed by atoms with Crippen LogP contribution in [0.15, 0.2) is 16.0 Å². The minimum Gasteiger partial charge on any atom is -0.303 e.